The van der Waals surface area contributed by atoms with Crippen molar-refractivity contribution in [2.45, 2.75) is 78.7 Å². The van der Waals surface area contributed by atoms with E-state index in [1.807, 2.05) is 70.2 Å². The van der Waals surface area contributed by atoms with E-state index in [9.17, 15) is 24.0 Å². The molecule has 5 aromatic rings. The van der Waals surface area contributed by atoms with Gasteiger partial charge in [-0.3, -0.25) is 28.9 Å². The summed E-state index contributed by atoms with van der Waals surface area (Å²) in [5, 5.41) is 13.6. The molecular weight excluding hydrogens is 857 g/mol. The average molecular weight is 925 g/mol. The highest BCUT2D eigenvalue weighted by atomic mass is 16.5. The first-order valence-electron chi connectivity index (χ1n) is 23.3. The van der Waals surface area contributed by atoms with Crippen molar-refractivity contribution < 1.29 is 48.0 Å². The van der Waals surface area contributed by atoms with E-state index in [0.29, 0.717) is 44.8 Å². The summed E-state index contributed by atoms with van der Waals surface area (Å²) in [6, 6.07) is 19.4. The van der Waals surface area contributed by atoms with Crippen LogP contribution in [-0.2, 0) is 41.5 Å². The summed E-state index contributed by atoms with van der Waals surface area (Å²) < 4.78 is 21.6. The van der Waals surface area contributed by atoms with E-state index in [1.54, 1.807) is 43.4 Å². The fourth-order valence-electron chi connectivity index (χ4n) is 8.29. The van der Waals surface area contributed by atoms with E-state index in [1.165, 1.54) is 0 Å². The quantitative estimate of drug-likeness (QED) is 0.0413. The highest BCUT2D eigenvalue weighted by molar-refractivity contribution is 5.97. The van der Waals surface area contributed by atoms with Crippen molar-refractivity contribution in [2.24, 2.45) is 0 Å². The zero-order chi connectivity index (χ0) is 48.3. The van der Waals surface area contributed by atoms with Crippen LogP contribution >= 0.6 is 0 Å². The van der Waals surface area contributed by atoms with Gasteiger partial charge in [-0.05, 0) is 99.2 Å². The van der Waals surface area contributed by atoms with Crippen molar-refractivity contribution in [1.82, 2.24) is 30.0 Å². The molecule has 1 atom stereocenters. The predicted octanol–water partition coefficient (Wildman–Crippen LogP) is 6.46. The van der Waals surface area contributed by atoms with E-state index in [0.717, 1.165) is 101 Å². The Hall–Kier alpha value is -6.39. The first-order valence-corrected chi connectivity index (χ1v) is 23.3. The Balaban J connectivity index is 0.000000439. The summed E-state index contributed by atoms with van der Waals surface area (Å²) in [4.78, 5) is 75.3. The van der Waals surface area contributed by atoms with Crippen molar-refractivity contribution in [3.8, 4) is 11.5 Å². The number of piperazine rings is 1. The largest absolute Gasteiger partial charge is 0.497 e. The monoisotopic (exact) mass is 924 g/mol. The van der Waals surface area contributed by atoms with Gasteiger partial charge < -0.3 is 49.1 Å². The van der Waals surface area contributed by atoms with Crippen LogP contribution in [0.1, 0.15) is 78.8 Å². The zero-order valence-corrected chi connectivity index (χ0v) is 39.9. The second kappa shape index (κ2) is 26.1. The van der Waals surface area contributed by atoms with Gasteiger partial charge in [0.1, 0.15) is 24.1 Å². The second-order valence-electron chi connectivity index (χ2n) is 16.8. The van der Waals surface area contributed by atoms with Crippen LogP contribution in [0.5, 0.6) is 11.5 Å². The van der Waals surface area contributed by atoms with Gasteiger partial charge in [0.2, 0.25) is 5.91 Å². The number of H-pyrrole nitrogens is 2. The Morgan fingerprint density at radius 3 is 1.79 bits per heavy atom. The van der Waals surface area contributed by atoms with Crippen molar-refractivity contribution in [3.63, 3.8) is 0 Å². The number of ether oxygens (including phenoxy) is 4. The highest BCUT2D eigenvalue weighted by Crippen LogP contribution is 2.28. The molecule has 0 spiro atoms. The third-order valence-electron chi connectivity index (χ3n) is 11.9. The number of aliphatic carboxylic acids is 1. The van der Waals surface area contributed by atoms with Crippen LogP contribution in [0.4, 0.5) is 0 Å². The smallest absolute Gasteiger partial charge is 0.310 e. The number of esters is 2. The molecule has 6 rings (SSSR count). The number of nitrogens with zero attached hydrogens (tertiary/aromatic N) is 3. The maximum Gasteiger partial charge on any atom is 0.310 e. The highest BCUT2D eigenvalue weighted by Gasteiger charge is 2.27. The number of fused-ring (bicyclic) bond motifs is 2. The lowest BCUT2D eigenvalue weighted by Crippen LogP contribution is -2.49. The molecule has 67 heavy (non-hydrogen) atoms. The molecule has 3 aromatic carbocycles. The number of carbonyl (C=O) groups is 5. The summed E-state index contributed by atoms with van der Waals surface area (Å²) in [5.41, 5.74) is 5.97. The second-order valence-corrected chi connectivity index (χ2v) is 16.8. The number of aromatic amines is 2. The number of amides is 2. The van der Waals surface area contributed by atoms with Gasteiger partial charge in [-0.1, -0.05) is 32.0 Å². The molecule has 0 saturated carbocycles. The Bertz CT molecular complexity index is 2400. The molecule has 1 aliphatic heterocycles. The lowest BCUT2D eigenvalue weighted by molar-refractivity contribution is -0.144. The SMILES string of the molecule is CCCN(CCC)C(=O)C(CCC(=O)OCCCN1CCN(CCOC(=O)Cc2c(C)[nH]c3ccc(OC)cc23)CC1)NC(=O)c1ccccc1.COc1ccc2[nH]c(C)c(CC(=O)O)c2c1. The van der Waals surface area contributed by atoms with Crippen LogP contribution in [0.15, 0.2) is 66.7 Å². The van der Waals surface area contributed by atoms with Gasteiger partial charge in [-0.2, -0.15) is 0 Å². The molecule has 1 saturated heterocycles. The van der Waals surface area contributed by atoms with Crippen LogP contribution < -0.4 is 14.8 Å². The maximum absolute atomic E-state index is 13.4. The predicted molar refractivity (Wildman–Crippen MR) is 258 cm³/mol. The number of rotatable bonds is 23. The summed E-state index contributed by atoms with van der Waals surface area (Å²) >= 11 is 0. The summed E-state index contributed by atoms with van der Waals surface area (Å²) in [7, 11) is 3.22. The molecule has 4 N–H and O–H groups in total. The lowest BCUT2D eigenvalue weighted by atomic mass is 10.1. The van der Waals surface area contributed by atoms with Crippen molar-refractivity contribution in [2.75, 3.05) is 79.8 Å². The molecule has 2 aromatic heterocycles. The summed E-state index contributed by atoms with van der Waals surface area (Å²) in [6.07, 6.45) is 2.77. The molecule has 0 aliphatic carbocycles. The average Bonchev–Trinajstić information content (AvgIpc) is 3.81. The molecule has 1 fully saturated rings. The minimum Gasteiger partial charge on any atom is -0.497 e. The number of hydrogen-bond donors (Lipinski definition) is 4. The van der Waals surface area contributed by atoms with Crippen molar-refractivity contribution >= 4 is 51.5 Å². The standard InChI is InChI=1S/C39H55N5O7.C12H13NO3/c1-5-17-44(18-6-2)39(48)35(41-38(47)30-11-8-7-9-12-30)15-16-36(45)50-25-10-19-42-20-22-43(23-21-42)24-26-51-37(46)28-32-29(3)40-34-14-13-31(49-4)27-33(32)34;1-7-9(6-12(14)15)10-5-8(16-2)3-4-11(10)13-7/h7-9,11-14,27,35,40H,5-6,10,15-26,28H2,1-4H3,(H,41,47);3-5,13H,6H2,1-2H3,(H,14,15). The number of carboxylic acid groups (broad SMARTS) is 1. The van der Waals surface area contributed by atoms with Crippen molar-refractivity contribution in [1.29, 1.82) is 0 Å². The van der Waals surface area contributed by atoms with Gasteiger partial charge in [-0.15, -0.1) is 0 Å². The molecule has 1 unspecified atom stereocenters. The van der Waals surface area contributed by atoms with E-state index in [4.69, 9.17) is 24.1 Å². The number of methoxy groups -OCH3 is 2. The Kier molecular flexibility index (Phi) is 20.1. The first kappa shape index (κ1) is 51.6. The minimum absolute atomic E-state index is 0.0268. The number of hydrogen-bond acceptors (Lipinski definition) is 11. The number of aromatic nitrogens is 2. The van der Waals surface area contributed by atoms with Crippen LogP contribution in [0.25, 0.3) is 21.8 Å². The molecular formula is C51H68N6O10. The molecule has 1 aliphatic rings. The number of aryl methyl sites for hydroxylation is 2. The molecule has 3 heterocycles. The van der Waals surface area contributed by atoms with E-state index in [-0.39, 0.29) is 49.4 Å². The van der Waals surface area contributed by atoms with Crippen LogP contribution in [0.3, 0.4) is 0 Å². The molecule has 0 radical (unpaired) electrons. The Morgan fingerprint density at radius 2 is 1.25 bits per heavy atom. The van der Waals surface area contributed by atoms with Gasteiger partial charge in [0, 0.05) is 97.5 Å². The fourth-order valence-corrected chi connectivity index (χ4v) is 8.29. The van der Waals surface area contributed by atoms with Gasteiger partial charge >= 0.3 is 17.9 Å². The van der Waals surface area contributed by atoms with E-state index < -0.39 is 12.0 Å². The third kappa shape index (κ3) is 15.3. The molecule has 362 valence electrons. The van der Waals surface area contributed by atoms with Gasteiger partial charge in [0.25, 0.3) is 5.91 Å². The zero-order valence-electron chi connectivity index (χ0n) is 39.9. The topological polar surface area (TPSA) is 196 Å². The molecule has 16 nitrogen and oxygen atoms in total. The van der Waals surface area contributed by atoms with Crippen molar-refractivity contribution in [3.05, 3.63) is 94.8 Å². The number of nitrogens with one attached hydrogen (secondary N) is 3. The fraction of sp³-hybridized carbons (Fsp3) is 0.471. The van der Waals surface area contributed by atoms with E-state index >= 15 is 0 Å². The Labute approximate surface area is 393 Å². The van der Waals surface area contributed by atoms with Gasteiger partial charge in [-0.25, -0.2) is 0 Å². The molecule has 0 bridgehead atoms. The molecule has 16 heteroatoms. The number of carbonyl (C=O) groups excluding carboxylic acids is 4. The number of benzene rings is 3. The summed E-state index contributed by atoms with van der Waals surface area (Å²) in [5.74, 6) is -0.477. The first-order chi connectivity index (χ1) is 32.3. The number of carboxylic acids is 1. The Morgan fingerprint density at radius 1 is 0.716 bits per heavy atom. The summed E-state index contributed by atoms with van der Waals surface area (Å²) in [6.45, 7) is 14.7. The normalized spacial score (nSPS) is 13.3. The van der Waals surface area contributed by atoms with Gasteiger partial charge in [0.15, 0.2) is 0 Å². The third-order valence-corrected chi connectivity index (χ3v) is 11.9. The van der Waals surface area contributed by atoms with Gasteiger partial charge in [0.05, 0.1) is 33.7 Å². The van der Waals surface area contributed by atoms with Crippen LogP contribution in [0, 0.1) is 13.8 Å². The van der Waals surface area contributed by atoms with E-state index in [2.05, 4.69) is 25.1 Å². The lowest BCUT2D eigenvalue weighted by Gasteiger charge is -2.34. The maximum atomic E-state index is 13.4. The minimum atomic E-state index is -0.827. The van der Waals surface area contributed by atoms with Crippen LogP contribution in [0.2, 0.25) is 0 Å². The van der Waals surface area contributed by atoms with Crippen LogP contribution in [-0.4, -0.2) is 145 Å². The molecule has 2 amide bonds.